The van der Waals surface area contributed by atoms with Crippen LogP contribution in [0.25, 0.3) is 10.2 Å². The van der Waals surface area contributed by atoms with E-state index in [1.165, 1.54) is 29.5 Å². The number of rotatable bonds is 4. The van der Waals surface area contributed by atoms with Crippen LogP contribution in [0.3, 0.4) is 0 Å². The number of carbonyl (C=O) groups is 1. The number of piperazine rings is 1. The summed E-state index contributed by atoms with van der Waals surface area (Å²) in [5, 5.41) is 4.96. The van der Waals surface area contributed by atoms with Crippen LogP contribution in [-0.4, -0.2) is 57.8 Å². The average molecular weight is 573 g/mol. The van der Waals surface area contributed by atoms with Crippen molar-refractivity contribution >= 4 is 38.3 Å². The lowest BCUT2D eigenvalue weighted by molar-refractivity contribution is -0.138. The van der Waals surface area contributed by atoms with E-state index in [1.54, 1.807) is 23.0 Å². The first-order chi connectivity index (χ1) is 19.1. The van der Waals surface area contributed by atoms with Crippen LogP contribution >= 0.6 is 11.3 Å². The highest BCUT2D eigenvalue weighted by atomic mass is 32.1. The Kier molecular flexibility index (Phi) is 6.68. The Morgan fingerprint density at radius 3 is 2.62 bits per heavy atom. The topological polar surface area (TPSA) is 57.5 Å². The predicted molar refractivity (Wildman–Crippen MR) is 146 cm³/mol. The van der Waals surface area contributed by atoms with E-state index < -0.39 is 11.7 Å². The predicted octanol–water partition coefficient (Wildman–Crippen LogP) is 5.26. The third-order valence-corrected chi connectivity index (χ3v) is 8.74. The molecule has 0 spiro atoms. The summed E-state index contributed by atoms with van der Waals surface area (Å²) in [4.78, 5) is 23.5. The van der Waals surface area contributed by atoms with Gasteiger partial charge in [-0.25, -0.2) is 9.37 Å². The van der Waals surface area contributed by atoms with Crippen molar-refractivity contribution in [3.63, 3.8) is 0 Å². The summed E-state index contributed by atoms with van der Waals surface area (Å²) in [6, 6.07) is 8.87. The number of hydrogen-bond donors (Lipinski definition) is 0. The molecule has 12 heteroatoms. The van der Waals surface area contributed by atoms with Gasteiger partial charge in [0.25, 0.3) is 0 Å². The van der Waals surface area contributed by atoms with Crippen LogP contribution in [-0.2, 0) is 30.5 Å². The summed E-state index contributed by atoms with van der Waals surface area (Å²) < 4.78 is 58.1. The van der Waals surface area contributed by atoms with Crippen LogP contribution in [0.1, 0.15) is 29.3 Å². The first kappa shape index (κ1) is 26.5. The van der Waals surface area contributed by atoms with Crippen molar-refractivity contribution in [3.8, 4) is 0 Å². The van der Waals surface area contributed by atoms with Crippen molar-refractivity contribution < 1.29 is 22.4 Å². The van der Waals surface area contributed by atoms with Gasteiger partial charge >= 0.3 is 6.18 Å². The molecule has 0 bridgehead atoms. The second-order valence-corrected chi connectivity index (χ2v) is 11.4. The summed E-state index contributed by atoms with van der Waals surface area (Å²) in [5.41, 5.74) is 2.59. The molecule has 0 aliphatic carbocycles. The van der Waals surface area contributed by atoms with Gasteiger partial charge in [-0.2, -0.15) is 18.3 Å². The van der Waals surface area contributed by atoms with Crippen LogP contribution in [0.2, 0.25) is 0 Å². The molecule has 1 fully saturated rings. The maximum atomic E-state index is 14.0. The first-order valence-electron chi connectivity index (χ1n) is 13.1. The minimum atomic E-state index is -4.46. The monoisotopic (exact) mass is 572 g/mol. The molecule has 0 N–H and O–H groups in total. The lowest BCUT2D eigenvalue weighted by Crippen LogP contribution is -2.55. The standard InChI is InChI=1S/C28H28F4N6OS/c1-17-7-10-37(34-17)16-26(39)38-12-11-35(14-18(38)2)24-6-4-22(28(30,31)32)20-8-9-36(15-21(20)24)27-33-23-5-3-19(29)13-25(23)40-27/h3-7,10,13,18H,8-9,11-12,14-16H2,1-2H3. The number of thiazole rings is 1. The number of amides is 1. The number of halogens is 4. The highest BCUT2D eigenvalue weighted by Gasteiger charge is 2.38. The molecule has 40 heavy (non-hydrogen) atoms. The molecule has 2 aromatic carbocycles. The van der Waals surface area contributed by atoms with Crippen molar-refractivity contribution in [3.05, 3.63) is 70.8 Å². The lowest BCUT2D eigenvalue weighted by Gasteiger charge is -2.43. The zero-order valence-corrected chi connectivity index (χ0v) is 22.9. The van der Waals surface area contributed by atoms with Gasteiger partial charge in [0.15, 0.2) is 5.13 Å². The van der Waals surface area contributed by atoms with Gasteiger partial charge in [0.2, 0.25) is 5.91 Å². The summed E-state index contributed by atoms with van der Waals surface area (Å²) in [7, 11) is 0. The van der Waals surface area contributed by atoms with Crippen molar-refractivity contribution in [2.75, 3.05) is 36.0 Å². The Balaban J connectivity index is 1.27. The number of benzene rings is 2. The zero-order chi connectivity index (χ0) is 28.2. The molecular weight excluding hydrogens is 544 g/mol. The van der Waals surface area contributed by atoms with Crippen molar-refractivity contribution in [1.29, 1.82) is 0 Å². The van der Waals surface area contributed by atoms with Crippen LogP contribution in [0, 0.1) is 12.7 Å². The van der Waals surface area contributed by atoms with E-state index in [-0.39, 0.29) is 37.3 Å². The second-order valence-electron chi connectivity index (χ2n) is 10.4. The van der Waals surface area contributed by atoms with Gasteiger partial charge in [0.05, 0.1) is 21.5 Å². The number of fused-ring (bicyclic) bond motifs is 2. The van der Waals surface area contributed by atoms with Crippen molar-refractivity contribution in [2.45, 2.75) is 45.6 Å². The van der Waals surface area contributed by atoms with E-state index in [4.69, 9.17) is 0 Å². The van der Waals surface area contributed by atoms with E-state index in [0.717, 1.165) is 11.4 Å². The first-order valence-corrected chi connectivity index (χ1v) is 14.0. The fourth-order valence-electron chi connectivity index (χ4n) is 5.73. The van der Waals surface area contributed by atoms with Gasteiger partial charge < -0.3 is 14.7 Å². The van der Waals surface area contributed by atoms with Gasteiger partial charge in [-0.05, 0) is 67.8 Å². The van der Waals surface area contributed by atoms with E-state index in [0.29, 0.717) is 52.7 Å². The van der Waals surface area contributed by atoms with Crippen LogP contribution in [0.15, 0.2) is 42.6 Å². The molecule has 6 rings (SSSR count). The third-order valence-electron chi connectivity index (χ3n) is 7.66. The fraction of sp³-hybridized carbons (Fsp3) is 0.393. The second kappa shape index (κ2) is 10.1. The highest BCUT2D eigenvalue weighted by Crippen LogP contribution is 2.41. The van der Waals surface area contributed by atoms with Crippen LogP contribution in [0.4, 0.5) is 28.4 Å². The smallest absolute Gasteiger partial charge is 0.367 e. The molecule has 7 nitrogen and oxygen atoms in total. The Labute approximate surface area is 232 Å². The normalized spacial score (nSPS) is 17.9. The number of carbonyl (C=O) groups excluding carboxylic acids is 1. The zero-order valence-electron chi connectivity index (χ0n) is 22.1. The molecule has 210 valence electrons. The van der Waals surface area contributed by atoms with Crippen molar-refractivity contribution in [2.24, 2.45) is 0 Å². The minimum absolute atomic E-state index is 0.0388. The average Bonchev–Trinajstić information content (AvgIpc) is 3.52. The van der Waals surface area contributed by atoms with Crippen molar-refractivity contribution in [1.82, 2.24) is 19.7 Å². The number of aryl methyl sites for hydroxylation is 1. The van der Waals surface area contributed by atoms with Crippen LogP contribution < -0.4 is 9.80 Å². The van der Waals surface area contributed by atoms with Gasteiger partial charge in [-0.3, -0.25) is 9.48 Å². The molecule has 2 aromatic heterocycles. The molecule has 2 aliphatic heterocycles. The fourth-order valence-corrected chi connectivity index (χ4v) is 6.75. The minimum Gasteiger partial charge on any atom is -0.367 e. The molecule has 1 unspecified atom stereocenters. The van der Waals surface area contributed by atoms with E-state index in [1.807, 2.05) is 29.7 Å². The number of anilines is 2. The van der Waals surface area contributed by atoms with Gasteiger partial charge in [-0.1, -0.05) is 11.3 Å². The maximum absolute atomic E-state index is 14.0. The number of aromatic nitrogens is 3. The SMILES string of the molecule is Cc1ccn(CC(=O)N2CCN(c3ccc(C(F)(F)F)c4c3CN(c3nc5ccc(F)cc5s3)CC4)CC2C)n1. The summed E-state index contributed by atoms with van der Waals surface area (Å²) in [6.07, 6.45) is -2.46. The molecule has 0 radical (unpaired) electrons. The molecule has 1 atom stereocenters. The van der Waals surface area contributed by atoms with Gasteiger partial charge in [0.1, 0.15) is 12.4 Å². The number of hydrogen-bond acceptors (Lipinski definition) is 6. The largest absolute Gasteiger partial charge is 0.416 e. The Morgan fingerprint density at radius 1 is 1.07 bits per heavy atom. The van der Waals surface area contributed by atoms with Crippen LogP contribution in [0.5, 0.6) is 0 Å². The molecule has 1 saturated heterocycles. The molecule has 4 heterocycles. The molecular formula is C28H28F4N6OS. The van der Waals surface area contributed by atoms with E-state index in [2.05, 4.69) is 15.0 Å². The molecule has 2 aliphatic rings. The van der Waals surface area contributed by atoms with Gasteiger partial charge in [0, 0.05) is 50.6 Å². The lowest BCUT2D eigenvalue weighted by atomic mass is 9.91. The van der Waals surface area contributed by atoms with Gasteiger partial charge in [-0.15, -0.1) is 0 Å². The summed E-state index contributed by atoms with van der Waals surface area (Å²) in [6.45, 7) is 6.09. The summed E-state index contributed by atoms with van der Waals surface area (Å²) in [5.74, 6) is -0.390. The highest BCUT2D eigenvalue weighted by molar-refractivity contribution is 7.22. The Bertz CT molecular complexity index is 1580. The maximum Gasteiger partial charge on any atom is 0.416 e. The summed E-state index contributed by atoms with van der Waals surface area (Å²) >= 11 is 1.34. The quantitative estimate of drug-likeness (QED) is 0.313. The molecule has 1 amide bonds. The molecule has 4 aromatic rings. The van der Waals surface area contributed by atoms with E-state index in [9.17, 15) is 22.4 Å². The van der Waals surface area contributed by atoms with E-state index >= 15 is 0 Å². The third kappa shape index (κ3) is 5.00. The Hall–Kier alpha value is -3.67. The molecule has 0 saturated carbocycles. The number of nitrogens with zero attached hydrogens (tertiary/aromatic N) is 6. The Morgan fingerprint density at radius 2 is 1.90 bits per heavy atom. The number of alkyl halides is 3.